The molecule has 2 aromatic rings. The number of ether oxygens (including phenoxy) is 3. The van der Waals surface area contributed by atoms with Gasteiger partial charge in [0.15, 0.2) is 0 Å². The quantitative estimate of drug-likeness (QED) is 0.619. The van der Waals surface area contributed by atoms with Gasteiger partial charge in [0.1, 0.15) is 17.1 Å². The van der Waals surface area contributed by atoms with Crippen LogP contribution in [-0.4, -0.2) is 40.7 Å². The van der Waals surface area contributed by atoms with E-state index in [-0.39, 0.29) is 23.8 Å². The van der Waals surface area contributed by atoms with Gasteiger partial charge in [-0.05, 0) is 39.3 Å². The van der Waals surface area contributed by atoms with Gasteiger partial charge in [-0.2, -0.15) is 0 Å². The first-order valence-corrected chi connectivity index (χ1v) is 10.6. The molecule has 3 rings (SSSR count). The Hall–Kier alpha value is -3.36. The Kier molecular flexibility index (Phi) is 6.86. The zero-order valence-electron chi connectivity index (χ0n) is 19.2. The molecule has 1 aromatic heterocycles. The Morgan fingerprint density at radius 3 is 2.59 bits per heavy atom. The van der Waals surface area contributed by atoms with Gasteiger partial charge < -0.3 is 24.8 Å². The molecule has 172 valence electrons. The summed E-state index contributed by atoms with van der Waals surface area (Å²) in [5, 5.41) is 5.35. The van der Waals surface area contributed by atoms with Crippen LogP contribution in [-0.2, 0) is 14.9 Å². The SMILES string of the molecule is CC(C)(C)OC(=O)NCCCC(=O)Nc1cnc(Oc2cccc3c2C(C)(C)CO3)nc1. The zero-order valence-corrected chi connectivity index (χ0v) is 19.2. The van der Waals surface area contributed by atoms with Crippen molar-refractivity contribution < 1.29 is 23.8 Å². The predicted molar refractivity (Wildman–Crippen MR) is 119 cm³/mol. The lowest BCUT2D eigenvalue weighted by atomic mass is 9.86. The average Bonchev–Trinajstić information content (AvgIpc) is 3.01. The van der Waals surface area contributed by atoms with E-state index in [2.05, 4.69) is 34.4 Å². The van der Waals surface area contributed by atoms with Crippen molar-refractivity contribution >= 4 is 17.7 Å². The van der Waals surface area contributed by atoms with Gasteiger partial charge in [-0.1, -0.05) is 19.9 Å². The van der Waals surface area contributed by atoms with E-state index in [1.807, 2.05) is 18.2 Å². The van der Waals surface area contributed by atoms with Crippen LogP contribution < -0.4 is 20.1 Å². The van der Waals surface area contributed by atoms with Gasteiger partial charge in [-0.3, -0.25) is 4.79 Å². The minimum absolute atomic E-state index is 0.168. The van der Waals surface area contributed by atoms with E-state index in [0.717, 1.165) is 11.3 Å². The normalized spacial score (nSPS) is 14.2. The van der Waals surface area contributed by atoms with E-state index < -0.39 is 11.7 Å². The molecule has 1 aromatic carbocycles. The highest BCUT2D eigenvalue weighted by molar-refractivity contribution is 5.90. The molecular weight excluding hydrogens is 412 g/mol. The number of benzene rings is 1. The molecule has 0 fully saturated rings. The Morgan fingerprint density at radius 2 is 1.91 bits per heavy atom. The van der Waals surface area contributed by atoms with Crippen molar-refractivity contribution in [3.8, 4) is 17.5 Å². The van der Waals surface area contributed by atoms with Crippen molar-refractivity contribution in [2.24, 2.45) is 0 Å². The van der Waals surface area contributed by atoms with Gasteiger partial charge >= 0.3 is 12.1 Å². The summed E-state index contributed by atoms with van der Waals surface area (Å²) in [6.45, 7) is 10.5. The standard InChI is InChI=1S/C23H30N4O5/c1-22(2,3)32-21(29)24-11-7-10-18(28)27-15-12-25-20(26-13-15)31-17-9-6-8-16-19(17)23(4,5)14-30-16/h6,8-9,12-13H,7,10-11,14H2,1-5H3,(H,24,29)(H,27,28). The smallest absolute Gasteiger partial charge is 0.407 e. The second-order valence-electron chi connectivity index (χ2n) is 9.24. The molecule has 2 amide bonds. The molecule has 0 saturated carbocycles. The predicted octanol–water partition coefficient (Wildman–Crippen LogP) is 4.18. The third-order valence-corrected chi connectivity index (χ3v) is 4.62. The van der Waals surface area contributed by atoms with Crippen LogP contribution in [0.4, 0.5) is 10.5 Å². The van der Waals surface area contributed by atoms with Gasteiger partial charge in [0.2, 0.25) is 5.91 Å². The molecule has 0 aliphatic carbocycles. The Bertz CT molecular complexity index is 967. The number of anilines is 1. The van der Waals surface area contributed by atoms with Crippen molar-refractivity contribution in [2.75, 3.05) is 18.5 Å². The molecule has 9 heteroatoms. The highest BCUT2D eigenvalue weighted by Crippen LogP contribution is 2.44. The maximum absolute atomic E-state index is 12.1. The number of nitrogens with one attached hydrogen (secondary N) is 2. The number of carbonyl (C=O) groups is 2. The monoisotopic (exact) mass is 442 g/mol. The summed E-state index contributed by atoms with van der Waals surface area (Å²) in [7, 11) is 0. The lowest BCUT2D eigenvalue weighted by Gasteiger charge is -2.19. The average molecular weight is 443 g/mol. The summed E-state index contributed by atoms with van der Waals surface area (Å²) in [4.78, 5) is 32.1. The van der Waals surface area contributed by atoms with Gasteiger partial charge in [0.05, 0.1) is 24.7 Å². The van der Waals surface area contributed by atoms with Gasteiger partial charge in [-0.15, -0.1) is 0 Å². The van der Waals surface area contributed by atoms with Crippen LogP contribution in [0.25, 0.3) is 0 Å². The number of hydrogen-bond acceptors (Lipinski definition) is 7. The highest BCUT2D eigenvalue weighted by Gasteiger charge is 2.35. The Morgan fingerprint density at radius 1 is 1.19 bits per heavy atom. The fourth-order valence-electron chi connectivity index (χ4n) is 3.22. The second-order valence-corrected chi connectivity index (χ2v) is 9.24. The number of carbonyl (C=O) groups excluding carboxylic acids is 2. The van der Waals surface area contributed by atoms with Crippen molar-refractivity contribution in [2.45, 2.75) is 58.5 Å². The van der Waals surface area contributed by atoms with Crippen LogP contribution in [0, 0.1) is 0 Å². The van der Waals surface area contributed by atoms with E-state index in [1.54, 1.807) is 20.8 Å². The summed E-state index contributed by atoms with van der Waals surface area (Å²) < 4.78 is 16.8. The van der Waals surface area contributed by atoms with Crippen molar-refractivity contribution in [1.82, 2.24) is 15.3 Å². The van der Waals surface area contributed by atoms with E-state index in [9.17, 15) is 9.59 Å². The molecule has 0 atom stereocenters. The van der Waals surface area contributed by atoms with E-state index in [4.69, 9.17) is 14.2 Å². The highest BCUT2D eigenvalue weighted by atomic mass is 16.6. The molecule has 0 spiro atoms. The molecule has 32 heavy (non-hydrogen) atoms. The first-order chi connectivity index (χ1) is 15.0. The number of fused-ring (bicyclic) bond motifs is 1. The molecule has 0 unspecified atom stereocenters. The van der Waals surface area contributed by atoms with Gasteiger partial charge in [0.25, 0.3) is 0 Å². The summed E-state index contributed by atoms with van der Waals surface area (Å²) in [5.41, 5.74) is 0.727. The number of amides is 2. The third-order valence-electron chi connectivity index (χ3n) is 4.62. The molecule has 1 aliphatic heterocycles. The Labute approximate surface area is 187 Å². The van der Waals surface area contributed by atoms with Crippen LogP contribution in [0.15, 0.2) is 30.6 Å². The van der Waals surface area contributed by atoms with Crippen LogP contribution in [0.1, 0.15) is 53.0 Å². The topological polar surface area (TPSA) is 112 Å². The fraction of sp³-hybridized carbons (Fsp3) is 0.478. The largest absolute Gasteiger partial charge is 0.492 e. The van der Waals surface area contributed by atoms with Crippen molar-refractivity contribution in [3.05, 3.63) is 36.2 Å². The lowest BCUT2D eigenvalue weighted by molar-refractivity contribution is -0.116. The molecule has 0 bridgehead atoms. The summed E-state index contributed by atoms with van der Waals surface area (Å²) >= 11 is 0. The molecule has 0 radical (unpaired) electrons. The lowest BCUT2D eigenvalue weighted by Crippen LogP contribution is -2.33. The van der Waals surface area contributed by atoms with E-state index in [1.165, 1.54) is 12.4 Å². The molecule has 1 aliphatic rings. The number of aromatic nitrogens is 2. The molecule has 9 nitrogen and oxygen atoms in total. The molecule has 2 heterocycles. The third kappa shape index (κ3) is 6.32. The minimum Gasteiger partial charge on any atom is -0.492 e. The first-order valence-electron chi connectivity index (χ1n) is 10.6. The fourth-order valence-corrected chi connectivity index (χ4v) is 3.22. The van der Waals surface area contributed by atoms with Gasteiger partial charge in [0, 0.05) is 23.9 Å². The first kappa shape index (κ1) is 23.3. The number of rotatable bonds is 7. The minimum atomic E-state index is -0.554. The molecular formula is C23H30N4O5. The Balaban J connectivity index is 1.47. The number of alkyl carbamates (subject to hydrolysis) is 1. The maximum Gasteiger partial charge on any atom is 0.407 e. The van der Waals surface area contributed by atoms with Crippen molar-refractivity contribution in [1.29, 1.82) is 0 Å². The van der Waals surface area contributed by atoms with Gasteiger partial charge in [-0.25, -0.2) is 14.8 Å². The summed E-state index contributed by atoms with van der Waals surface area (Å²) in [6, 6.07) is 5.82. The van der Waals surface area contributed by atoms with Crippen LogP contribution >= 0.6 is 0 Å². The van der Waals surface area contributed by atoms with Crippen LogP contribution in [0.2, 0.25) is 0 Å². The number of nitrogens with zero attached hydrogens (tertiary/aromatic N) is 2. The molecule has 2 N–H and O–H groups in total. The second kappa shape index (κ2) is 9.42. The zero-order chi connectivity index (χ0) is 23.4. The number of hydrogen-bond donors (Lipinski definition) is 2. The summed E-state index contributed by atoms with van der Waals surface area (Å²) in [5.74, 6) is 1.25. The van der Waals surface area contributed by atoms with E-state index >= 15 is 0 Å². The summed E-state index contributed by atoms with van der Waals surface area (Å²) in [6.07, 6.45) is 3.19. The maximum atomic E-state index is 12.1. The van der Waals surface area contributed by atoms with Crippen LogP contribution in [0.5, 0.6) is 17.5 Å². The van der Waals surface area contributed by atoms with E-state index in [0.29, 0.717) is 31.0 Å². The molecule has 0 saturated heterocycles. The van der Waals surface area contributed by atoms with Crippen molar-refractivity contribution in [3.63, 3.8) is 0 Å². The van der Waals surface area contributed by atoms with Crippen LogP contribution in [0.3, 0.4) is 0 Å².